The topological polar surface area (TPSA) is 73.6 Å². The van der Waals surface area contributed by atoms with Crippen LogP contribution in [0.15, 0.2) is 34.0 Å². The number of nitrogens with zero attached hydrogens (tertiary/aromatic N) is 1. The van der Waals surface area contributed by atoms with Gasteiger partial charge in [-0.05, 0) is 36.5 Å². The minimum absolute atomic E-state index is 0.0857. The van der Waals surface area contributed by atoms with Gasteiger partial charge in [-0.3, -0.25) is 4.79 Å². The molecule has 1 aliphatic carbocycles. The molecule has 2 aliphatic rings. The van der Waals surface area contributed by atoms with E-state index in [9.17, 15) is 4.79 Å². The van der Waals surface area contributed by atoms with E-state index in [1.807, 2.05) is 25.1 Å². The van der Waals surface area contributed by atoms with Gasteiger partial charge in [-0.15, -0.1) is 0 Å². The fourth-order valence-electron chi connectivity index (χ4n) is 4.24. The normalized spacial score (nSPS) is 20.6. The first kappa shape index (κ1) is 17.6. The molecule has 0 spiro atoms. The largest absolute Gasteiger partial charge is 0.493 e. The number of Topliss-reactive ketones (excluding diaryl/α,β-unsaturated/α-hetero) is 1. The van der Waals surface area contributed by atoms with E-state index in [0.717, 1.165) is 34.5 Å². The van der Waals surface area contributed by atoms with Crippen LogP contribution in [0.1, 0.15) is 49.4 Å². The standard InChI is InChI=1S/C21H24N2O4/c1-11-17-18(12-6-7-15(25-4)16(8-12)26-5)19-13(22-20(17)27-23-11)9-21(2,3)10-14(19)24/h6-8,18,22H,9-10H2,1-5H3/t18-/m1/s1. The maximum absolute atomic E-state index is 13.1. The third kappa shape index (κ3) is 2.80. The molecular weight excluding hydrogens is 344 g/mol. The van der Waals surface area contributed by atoms with Crippen molar-refractivity contribution in [3.05, 3.63) is 46.3 Å². The summed E-state index contributed by atoms with van der Waals surface area (Å²) in [6.45, 7) is 6.13. The zero-order valence-corrected chi connectivity index (χ0v) is 16.3. The van der Waals surface area contributed by atoms with Crippen LogP contribution in [0.25, 0.3) is 0 Å². The third-order valence-electron chi connectivity index (χ3n) is 5.41. The maximum Gasteiger partial charge on any atom is 0.233 e. The second-order valence-electron chi connectivity index (χ2n) is 8.02. The quantitative estimate of drug-likeness (QED) is 0.875. The van der Waals surface area contributed by atoms with Crippen LogP contribution < -0.4 is 14.8 Å². The van der Waals surface area contributed by atoms with Crippen molar-refractivity contribution in [2.24, 2.45) is 5.41 Å². The number of anilines is 1. The number of hydrogen-bond donors (Lipinski definition) is 1. The Bertz CT molecular complexity index is 955. The van der Waals surface area contributed by atoms with E-state index >= 15 is 0 Å². The number of allylic oxidation sites excluding steroid dienone is 2. The van der Waals surface area contributed by atoms with E-state index in [2.05, 4.69) is 24.3 Å². The summed E-state index contributed by atoms with van der Waals surface area (Å²) in [6.07, 6.45) is 1.31. The monoisotopic (exact) mass is 368 g/mol. The molecule has 0 radical (unpaired) electrons. The molecule has 2 aromatic rings. The van der Waals surface area contributed by atoms with Gasteiger partial charge < -0.3 is 19.3 Å². The summed E-state index contributed by atoms with van der Waals surface area (Å²) in [6, 6.07) is 5.78. The fraction of sp³-hybridized carbons (Fsp3) is 0.429. The van der Waals surface area contributed by atoms with E-state index in [4.69, 9.17) is 14.0 Å². The predicted molar refractivity (Wildman–Crippen MR) is 101 cm³/mol. The summed E-state index contributed by atoms with van der Waals surface area (Å²) in [5.41, 5.74) is 4.30. The first-order valence-corrected chi connectivity index (χ1v) is 9.06. The molecule has 0 saturated carbocycles. The van der Waals surface area contributed by atoms with Crippen molar-refractivity contribution in [2.75, 3.05) is 19.5 Å². The summed E-state index contributed by atoms with van der Waals surface area (Å²) in [4.78, 5) is 13.1. The highest BCUT2D eigenvalue weighted by Gasteiger charge is 2.43. The molecule has 2 heterocycles. The van der Waals surface area contributed by atoms with Crippen molar-refractivity contribution in [2.45, 2.75) is 39.5 Å². The van der Waals surface area contributed by atoms with Crippen LogP contribution in [0.2, 0.25) is 0 Å². The molecule has 27 heavy (non-hydrogen) atoms. The predicted octanol–water partition coefficient (Wildman–Crippen LogP) is 4.20. The molecule has 6 heteroatoms. The Labute approximate surface area is 158 Å². The fourth-order valence-corrected chi connectivity index (χ4v) is 4.24. The Kier molecular flexibility index (Phi) is 4.02. The van der Waals surface area contributed by atoms with Crippen molar-refractivity contribution in [3.63, 3.8) is 0 Å². The first-order valence-electron chi connectivity index (χ1n) is 9.06. The van der Waals surface area contributed by atoms with Crippen LogP contribution in [0.4, 0.5) is 5.88 Å². The van der Waals surface area contributed by atoms with Crippen molar-refractivity contribution in [3.8, 4) is 11.5 Å². The second-order valence-corrected chi connectivity index (χ2v) is 8.02. The van der Waals surface area contributed by atoms with Gasteiger partial charge in [0.25, 0.3) is 0 Å². The van der Waals surface area contributed by atoms with Crippen molar-refractivity contribution < 1.29 is 18.8 Å². The minimum atomic E-state index is -0.231. The second kappa shape index (κ2) is 6.15. The summed E-state index contributed by atoms with van der Waals surface area (Å²) in [7, 11) is 3.22. The molecule has 6 nitrogen and oxygen atoms in total. The number of carbonyl (C=O) groups excluding carboxylic acids is 1. The van der Waals surface area contributed by atoms with Gasteiger partial charge in [-0.2, -0.15) is 0 Å². The number of hydrogen-bond acceptors (Lipinski definition) is 6. The lowest BCUT2D eigenvalue weighted by Gasteiger charge is -2.37. The molecule has 1 aromatic heterocycles. The Hall–Kier alpha value is -2.76. The highest BCUT2D eigenvalue weighted by molar-refractivity contribution is 6.01. The molecular formula is C21H24N2O4. The Balaban J connectivity index is 1.92. The molecule has 4 rings (SSSR count). The number of methoxy groups -OCH3 is 2. The summed E-state index contributed by atoms with van der Waals surface area (Å²) in [5.74, 6) is 1.85. The van der Waals surface area contributed by atoms with Crippen molar-refractivity contribution in [1.82, 2.24) is 5.16 Å². The Morgan fingerprint density at radius 3 is 2.63 bits per heavy atom. The molecule has 1 N–H and O–H groups in total. The van der Waals surface area contributed by atoms with Crippen LogP contribution in [0.5, 0.6) is 11.5 Å². The number of aryl methyl sites for hydroxylation is 1. The lowest BCUT2D eigenvalue weighted by molar-refractivity contribution is -0.118. The SMILES string of the molecule is COc1ccc([C@H]2C3=C(CC(C)(C)CC3=O)Nc3onc(C)c32)cc1OC. The Morgan fingerprint density at radius 1 is 1.19 bits per heavy atom. The molecule has 0 bridgehead atoms. The summed E-state index contributed by atoms with van der Waals surface area (Å²) >= 11 is 0. The van der Waals surface area contributed by atoms with Crippen LogP contribution in [-0.4, -0.2) is 25.2 Å². The molecule has 1 aliphatic heterocycles. The lowest BCUT2D eigenvalue weighted by atomic mass is 9.69. The van der Waals surface area contributed by atoms with Gasteiger partial charge in [-0.1, -0.05) is 25.1 Å². The molecule has 0 unspecified atom stereocenters. The zero-order valence-electron chi connectivity index (χ0n) is 16.3. The smallest absolute Gasteiger partial charge is 0.233 e. The Morgan fingerprint density at radius 2 is 1.93 bits per heavy atom. The van der Waals surface area contributed by atoms with Crippen molar-refractivity contribution in [1.29, 1.82) is 0 Å². The average Bonchev–Trinajstić information content (AvgIpc) is 2.99. The van der Waals surface area contributed by atoms with Crippen LogP contribution in [0.3, 0.4) is 0 Å². The maximum atomic E-state index is 13.1. The van der Waals surface area contributed by atoms with E-state index in [-0.39, 0.29) is 17.1 Å². The highest BCUT2D eigenvalue weighted by Crippen LogP contribution is 2.50. The number of nitrogens with one attached hydrogen (secondary N) is 1. The van der Waals surface area contributed by atoms with E-state index in [1.165, 1.54) is 0 Å². The van der Waals surface area contributed by atoms with Gasteiger partial charge in [0.2, 0.25) is 5.88 Å². The number of ether oxygens (including phenoxy) is 2. The van der Waals surface area contributed by atoms with E-state index in [1.54, 1.807) is 14.2 Å². The minimum Gasteiger partial charge on any atom is -0.493 e. The third-order valence-corrected chi connectivity index (χ3v) is 5.41. The van der Waals surface area contributed by atoms with Gasteiger partial charge in [-0.25, -0.2) is 0 Å². The molecule has 1 aromatic carbocycles. The number of ketones is 1. The van der Waals surface area contributed by atoms with Crippen molar-refractivity contribution >= 4 is 11.7 Å². The number of benzene rings is 1. The number of fused-ring (bicyclic) bond motifs is 1. The lowest BCUT2D eigenvalue weighted by Crippen LogP contribution is -2.33. The van der Waals surface area contributed by atoms with Crippen LogP contribution >= 0.6 is 0 Å². The molecule has 0 saturated heterocycles. The van der Waals surface area contributed by atoms with Gasteiger partial charge >= 0.3 is 0 Å². The first-order chi connectivity index (χ1) is 12.8. The van der Waals surface area contributed by atoms with Gasteiger partial charge in [0.05, 0.1) is 25.5 Å². The van der Waals surface area contributed by atoms with Gasteiger partial charge in [0.15, 0.2) is 17.3 Å². The van der Waals surface area contributed by atoms with Gasteiger partial charge in [0, 0.05) is 23.6 Å². The van der Waals surface area contributed by atoms with Crippen LogP contribution in [0, 0.1) is 12.3 Å². The molecule has 0 amide bonds. The summed E-state index contributed by atoms with van der Waals surface area (Å²) < 4.78 is 16.4. The molecule has 1 atom stereocenters. The van der Waals surface area contributed by atoms with E-state index in [0.29, 0.717) is 23.8 Å². The number of rotatable bonds is 3. The average molecular weight is 368 g/mol. The van der Waals surface area contributed by atoms with Crippen LogP contribution in [-0.2, 0) is 4.79 Å². The zero-order chi connectivity index (χ0) is 19.3. The molecule has 0 fully saturated rings. The van der Waals surface area contributed by atoms with E-state index < -0.39 is 0 Å². The molecule has 142 valence electrons. The number of carbonyl (C=O) groups is 1. The summed E-state index contributed by atoms with van der Waals surface area (Å²) in [5, 5.41) is 7.47. The highest BCUT2D eigenvalue weighted by atomic mass is 16.5. The van der Waals surface area contributed by atoms with Gasteiger partial charge in [0.1, 0.15) is 0 Å². The number of aromatic nitrogens is 1.